The zero-order valence-corrected chi connectivity index (χ0v) is 10.3. The molecule has 1 radical (unpaired) electrons. The summed E-state index contributed by atoms with van der Waals surface area (Å²) in [5.74, 6) is 0. The van der Waals surface area contributed by atoms with Gasteiger partial charge in [0, 0.05) is 57.6 Å². The Bertz CT molecular complexity index is 11.6. The van der Waals surface area contributed by atoms with Crippen LogP contribution in [0.3, 0.4) is 0 Å². The van der Waals surface area contributed by atoms with Crippen LogP contribution in [0.25, 0.3) is 0 Å². The normalized spacial score (nSPS) is 0.600. The van der Waals surface area contributed by atoms with E-state index in [-0.39, 0.29) is 78.7 Å². The van der Waals surface area contributed by atoms with Gasteiger partial charge in [0.2, 0.25) is 0 Å². The summed E-state index contributed by atoms with van der Waals surface area (Å²) in [4.78, 5) is 0. The fourth-order valence-electron chi connectivity index (χ4n) is 0. The van der Waals surface area contributed by atoms with E-state index in [1.165, 1.54) is 0 Å². The van der Waals surface area contributed by atoms with Gasteiger partial charge < -0.3 is 0 Å². The van der Waals surface area contributed by atoms with Crippen LogP contribution in [0, 0.1) is 0 Å². The Hall–Kier alpha value is 2.37. The quantitative estimate of drug-likeness (QED) is 0.386. The summed E-state index contributed by atoms with van der Waals surface area (Å²) in [6.45, 7) is 0. The van der Waals surface area contributed by atoms with Crippen molar-refractivity contribution in [3.05, 3.63) is 0 Å². The molecule has 0 aliphatic heterocycles. The molecule has 0 amide bonds. The maximum absolute atomic E-state index is 8.36. The molecule has 0 aromatic rings. The van der Waals surface area contributed by atoms with Crippen molar-refractivity contribution < 1.29 is 81.9 Å². The molecule has 0 heterocycles. The fourth-order valence-corrected chi connectivity index (χ4v) is 0. The van der Waals surface area contributed by atoms with Crippen LogP contribution in [-0.2, 0) is 81.9 Å². The van der Waals surface area contributed by atoms with E-state index in [2.05, 4.69) is 0 Å². The number of hydrogen-bond donors (Lipinski definition) is 0. The molecule has 5 heavy (non-hydrogen) atoms. The first-order valence-corrected chi connectivity index (χ1v) is 1.49. The molecule has 0 bridgehead atoms. The van der Waals surface area contributed by atoms with Crippen LogP contribution in [0.5, 0.6) is 0 Å². The number of rotatable bonds is 0. The van der Waals surface area contributed by atoms with Gasteiger partial charge in [-0.2, -0.15) is 0 Å². The monoisotopic (exact) mass is 549 g/mol. The van der Waals surface area contributed by atoms with E-state index in [0.29, 0.717) is 0 Å². The van der Waals surface area contributed by atoms with E-state index in [9.17, 15) is 0 Å². The van der Waals surface area contributed by atoms with Crippen molar-refractivity contribution in [3.8, 4) is 0 Å². The van der Waals surface area contributed by atoms with E-state index in [4.69, 9.17) is 3.25 Å². The fraction of sp³-hybridized carbons (Fsp3) is 0. The summed E-state index contributed by atoms with van der Waals surface area (Å²) in [5, 5.41) is 0. The Labute approximate surface area is 80.8 Å². The molecule has 0 atom stereocenters. The Morgan fingerprint density at radius 2 is 1.20 bits per heavy atom. The standard InChI is InChI=1S/Mn.O.Pt.Ru.Ta. The van der Waals surface area contributed by atoms with Crippen LogP contribution >= 0.6 is 0 Å². The molecule has 5 heteroatoms. The predicted octanol–water partition coefficient (Wildman–Crippen LogP) is -0.129. The summed E-state index contributed by atoms with van der Waals surface area (Å²) in [7, 11) is 0. The molecule has 0 aliphatic rings. The van der Waals surface area contributed by atoms with Crippen LogP contribution in [0.2, 0.25) is 0 Å². The molecule has 0 aliphatic carbocycles. The van der Waals surface area contributed by atoms with Gasteiger partial charge in [0.25, 0.3) is 0 Å². The van der Waals surface area contributed by atoms with E-state index in [0.717, 1.165) is 0 Å². The second-order valence-electron chi connectivity index (χ2n) is 0. The van der Waals surface area contributed by atoms with Gasteiger partial charge in [-0.25, -0.2) is 0 Å². The predicted molar refractivity (Wildman–Crippen MR) is 0.686 cm³/mol. The van der Waals surface area contributed by atoms with Crippen molar-refractivity contribution in [2.75, 3.05) is 0 Å². The van der Waals surface area contributed by atoms with Crippen molar-refractivity contribution in [2.24, 2.45) is 0 Å². The van der Waals surface area contributed by atoms with Crippen molar-refractivity contribution in [1.82, 2.24) is 0 Å². The van der Waals surface area contributed by atoms with Crippen molar-refractivity contribution in [3.63, 3.8) is 0 Å². The van der Waals surface area contributed by atoms with Gasteiger partial charge in [0.15, 0.2) is 0 Å². The van der Waals surface area contributed by atoms with Gasteiger partial charge >= 0.3 is 24.3 Å². The van der Waals surface area contributed by atoms with E-state index < -0.39 is 0 Å². The van der Waals surface area contributed by atoms with Crippen LogP contribution in [-0.4, -0.2) is 0 Å². The number of hydrogen-bond acceptors (Lipinski definition) is 1. The second kappa shape index (κ2) is 32.7. The first-order valence-electron chi connectivity index (χ1n) is 0.183. The largest absolute Gasteiger partial charge is 0 e. The van der Waals surface area contributed by atoms with Crippen LogP contribution in [0.15, 0.2) is 0 Å². The maximum Gasteiger partial charge on any atom is 0 e. The molecule has 0 unspecified atom stereocenters. The second-order valence-corrected chi connectivity index (χ2v) is 0. The third-order valence-electron chi connectivity index (χ3n) is 0. The van der Waals surface area contributed by atoms with Crippen molar-refractivity contribution in [1.29, 1.82) is 0 Å². The van der Waals surface area contributed by atoms with E-state index >= 15 is 0 Å². The Morgan fingerprint density at radius 1 is 1.20 bits per heavy atom. The summed E-state index contributed by atoms with van der Waals surface area (Å²) >= 11 is 0.194. The van der Waals surface area contributed by atoms with Gasteiger partial charge in [-0.1, -0.05) is 0 Å². The first-order chi connectivity index (χ1) is 1.00. The van der Waals surface area contributed by atoms with E-state index in [1.54, 1.807) is 0 Å². The molecule has 0 aromatic heterocycles. The van der Waals surface area contributed by atoms with Crippen LogP contribution in [0.4, 0.5) is 0 Å². The molecule has 1 nitrogen and oxygen atoms in total. The summed E-state index contributed by atoms with van der Waals surface area (Å²) in [6.07, 6.45) is 0. The molecule has 0 fully saturated rings. The zero-order valence-electron chi connectivity index (χ0n) is 1.90. The molecule has 0 saturated heterocycles. The molecule has 0 spiro atoms. The first kappa shape index (κ1) is 26.3. The zero-order chi connectivity index (χ0) is 2.00. The third-order valence-corrected chi connectivity index (χ3v) is 0. The minimum absolute atomic E-state index is 0. The van der Waals surface area contributed by atoms with Gasteiger partial charge in [-0.3, -0.25) is 0 Å². The van der Waals surface area contributed by atoms with Gasteiger partial charge in [0.05, 0.1) is 0 Å². The Balaban J connectivity index is -0.00000000167. The van der Waals surface area contributed by atoms with Crippen molar-refractivity contribution in [2.45, 2.75) is 0 Å². The molecular formula is MnOPtRuTa. The summed E-state index contributed by atoms with van der Waals surface area (Å²) in [5.41, 5.74) is 0. The van der Waals surface area contributed by atoms with Gasteiger partial charge in [0.1, 0.15) is 0 Å². The summed E-state index contributed by atoms with van der Waals surface area (Å²) < 4.78 is 8.36. The average molecular weight is 548 g/mol. The molecule has 0 aromatic carbocycles. The molecule has 36 valence electrons. The smallest absolute Gasteiger partial charge is 0 e. The van der Waals surface area contributed by atoms with Gasteiger partial charge in [-0.15, -0.1) is 0 Å². The Morgan fingerprint density at radius 3 is 1.20 bits per heavy atom. The molecule has 0 saturated carbocycles. The van der Waals surface area contributed by atoms with Crippen LogP contribution < -0.4 is 0 Å². The third kappa shape index (κ3) is 21.7. The minimum Gasteiger partial charge on any atom is 0 e. The van der Waals surface area contributed by atoms with Gasteiger partial charge in [-0.05, 0) is 0 Å². The molecule has 0 rings (SSSR count). The maximum atomic E-state index is 8.36. The molecular weight excluding hydrogens is 548 g/mol. The Kier molecular flexibility index (Phi) is 172. The van der Waals surface area contributed by atoms with E-state index in [1.807, 2.05) is 0 Å². The SMILES string of the molecule is [Mn].[O]=[Ta].[Pt].[Ru]. The molecule has 0 N–H and O–H groups in total. The van der Waals surface area contributed by atoms with Crippen LogP contribution in [0.1, 0.15) is 0 Å². The minimum atomic E-state index is 0. The average Bonchev–Trinajstić information content (AvgIpc) is 1.00. The summed E-state index contributed by atoms with van der Waals surface area (Å²) in [6, 6.07) is 0. The van der Waals surface area contributed by atoms with Crippen molar-refractivity contribution >= 4 is 0 Å². The topological polar surface area (TPSA) is 17.1 Å².